The normalized spacial score (nSPS) is 12.6. The first-order valence-electron chi connectivity index (χ1n) is 11.9. The van der Waals surface area contributed by atoms with Crippen molar-refractivity contribution in [3.05, 3.63) is 95.6 Å². The van der Waals surface area contributed by atoms with Gasteiger partial charge in [0.05, 0.1) is 22.8 Å². The van der Waals surface area contributed by atoms with Crippen LogP contribution in [0.3, 0.4) is 0 Å². The number of hydrogen-bond donors (Lipinski definition) is 0. The minimum absolute atomic E-state index is 0.521. The lowest BCUT2D eigenvalue weighted by molar-refractivity contribution is 0.866. The maximum absolute atomic E-state index is 5.07. The Labute approximate surface area is 194 Å². The maximum atomic E-state index is 5.07. The molecule has 3 aromatic carbocycles. The van der Waals surface area contributed by atoms with Gasteiger partial charge in [-0.05, 0) is 72.1 Å². The van der Waals surface area contributed by atoms with Gasteiger partial charge < -0.3 is 0 Å². The van der Waals surface area contributed by atoms with Crippen LogP contribution in [-0.4, -0.2) is 11.4 Å². The van der Waals surface area contributed by atoms with Crippen molar-refractivity contribution in [1.82, 2.24) is 0 Å². The highest BCUT2D eigenvalue weighted by Crippen LogP contribution is 2.23. The quantitative estimate of drug-likeness (QED) is 0.307. The first-order chi connectivity index (χ1) is 15.5. The SMILES string of the molecule is CCC(=Nc1ccc(C(C)C)cc1)C(CCc1ccccc1)=Nc1ccc(C(C)C)cc1. The Kier molecular flexibility index (Phi) is 8.56. The summed E-state index contributed by atoms with van der Waals surface area (Å²) in [6.07, 6.45) is 2.67. The van der Waals surface area contributed by atoms with Gasteiger partial charge in [0.2, 0.25) is 0 Å². The minimum Gasteiger partial charge on any atom is -0.252 e. The van der Waals surface area contributed by atoms with Crippen molar-refractivity contribution in [2.24, 2.45) is 9.98 Å². The molecule has 0 bridgehead atoms. The largest absolute Gasteiger partial charge is 0.252 e. The topological polar surface area (TPSA) is 24.7 Å². The summed E-state index contributed by atoms with van der Waals surface area (Å²) in [6, 6.07) is 27.9. The molecule has 32 heavy (non-hydrogen) atoms. The lowest BCUT2D eigenvalue weighted by Crippen LogP contribution is -2.14. The zero-order valence-corrected chi connectivity index (χ0v) is 20.2. The molecule has 3 rings (SSSR count). The van der Waals surface area contributed by atoms with E-state index in [1.807, 2.05) is 0 Å². The molecular weight excluding hydrogens is 388 g/mol. The number of rotatable bonds is 9. The second-order valence-corrected chi connectivity index (χ2v) is 8.95. The Hall–Kier alpha value is -3.00. The van der Waals surface area contributed by atoms with E-state index in [-0.39, 0.29) is 0 Å². The van der Waals surface area contributed by atoms with Gasteiger partial charge in [-0.15, -0.1) is 0 Å². The number of hydrogen-bond acceptors (Lipinski definition) is 2. The Bertz CT molecular complexity index is 1020. The lowest BCUT2D eigenvalue weighted by Gasteiger charge is -2.11. The van der Waals surface area contributed by atoms with Gasteiger partial charge in [-0.1, -0.05) is 89.2 Å². The fraction of sp³-hybridized carbons (Fsp3) is 0.333. The molecule has 0 saturated heterocycles. The van der Waals surface area contributed by atoms with Gasteiger partial charge in [0.25, 0.3) is 0 Å². The molecule has 0 N–H and O–H groups in total. The van der Waals surface area contributed by atoms with Gasteiger partial charge >= 0.3 is 0 Å². The summed E-state index contributed by atoms with van der Waals surface area (Å²) < 4.78 is 0. The van der Waals surface area contributed by atoms with Crippen LogP contribution >= 0.6 is 0 Å². The third-order valence-electron chi connectivity index (χ3n) is 5.81. The summed E-state index contributed by atoms with van der Waals surface area (Å²) in [5.41, 5.74) is 8.12. The Morgan fingerprint density at radius 2 is 1.09 bits per heavy atom. The van der Waals surface area contributed by atoms with Crippen molar-refractivity contribution in [1.29, 1.82) is 0 Å². The average Bonchev–Trinajstić information content (AvgIpc) is 2.81. The molecule has 0 heterocycles. The van der Waals surface area contributed by atoms with Crippen molar-refractivity contribution >= 4 is 22.8 Å². The Morgan fingerprint density at radius 1 is 0.625 bits per heavy atom. The van der Waals surface area contributed by atoms with Crippen molar-refractivity contribution in [2.75, 3.05) is 0 Å². The molecule has 166 valence electrons. The van der Waals surface area contributed by atoms with Crippen LogP contribution in [0.4, 0.5) is 11.4 Å². The maximum Gasteiger partial charge on any atom is 0.0633 e. The molecular formula is C30H36N2. The van der Waals surface area contributed by atoms with E-state index in [0.29, 0.717) is 11.8 Å². The third-order valence-corrected chi connectivity index (χ3v) is 5.81. The van der Waals surface area contributed by atoms with Gasteiger partial charge in [0.1, 0.15) is 0 Å². The van der Waals surface area contributed by atoms with Crippen LogP contribution in [0.1, 0.15) is 76.0 Å². The van der Waals surface area contributed by atoms with E-state index in [1.54, 1.807) is 0 Å². The molecule has 2 nitrogen and oxygen atoms in total. The van der Waals surface area contributed by atoms with E-state index < -0.39 is 0 Å². The van der Waals surface area contributed by atoms with E-state index in [2.05, 4.69) is 113 Å². The second-order valence-electron chi connectivity index (χ2n) is 8.95. The number of aliphatic imine (C=N–C) groups is 2. The molecule has 0 aliphatic heterocycles. The smallest absolute Gasteiger partial charge is 0.0633 e. The predicted octanol–water partition coefficient (Wildman–Crippen LogP) is 8.82. The molecule has 0 fully saturated rings. The van der Waals surface area contributed by atoms with Crippen LogP contribution in [0.25, 0.3) is 0 Å². The number of nitrogens with zero attached hydrogens (tertiary/aromatic N) is 2. The Morgan fingerprint density at radius 3 is 1.53 bits per heavy atom. The van der Waals surface area contributed by atoms with Crippen LogP contribution in [0.15, 0.2) is 88.8 Å². The van der Waals surface area contributed by atoms with Gasteiger partial charge in [0.15, 0.2) is 0 Å². The molecule has 0 amide bonds. The van der Waals surface area contributed by atoms with Crippen LogP contribution < -0.4 is 0 Å². The molecule has 0 atom stereocenters. The molecule has 2 heteroatoms. The van der Waals surface area contributed by atoms with Crippen LogP contribution in [-0.2, 0) is 6.42 Å². The minimum atomic E-state index is 0.521. The fourth-order valence-electron chi connectivity index (χ4n) is 3.70. The van der Waals surface area contributed by atoms with Crippen LogP contribution in [0, 0.1) is 0 Å². The van der Waals surface area contributed by atoms with Gasteiger partial charge in [-0.25, -0.2) is 0 Å². The zero-order valence-electron chi connectivity index (χ0n) is 20.2. The molecule has 3 aromatic rings. The van der Waals surface area contributed by atoms with Gasteiger partial charge in [0, 0.05) is 0 Å². The average molecular weight is 425 g/mol. The first-order valence-corrected chi connectivity index (χ1v) is 11.9. The summed E-state index contributed by atoms with van der Waals surface area (Å²) in [5, 5.41) is 0. The first kappa shape index (κ1) is 23.7. The predicted molar refractivity (Wildman–Crippen MR) is 140 cm³/mol. The highest BCUT2D eigenvalue weighted by molar-refractivity contribution is 6.43. The molecule has 0 radical (unpaired) electrons. The summed E-state index contributed by atoms with van der Waals surface area (Å²) in [6.45, 7) is 11.0. The van der Waals surface area contributed by atoms with E-state index in [1.165, 1.54) is 16.7 Å². The van der Waals surface area contributed by atoms with Crippen molar-refractivity contribution in [3.8, 4) is 0 Å². The monoisotopic (exact) mass is 424 g/mol. The van der Waals surface area contributed by atoms with Crippen molar-refractivity contribution < 1.29 is 0 Å². The molecule has 0 saturated carbocycles. The summed E-state index contributed by atoms with van der Waals surface area (Å²) in [7, 11) is 0. The lowest BCUT2D eigenvalue weighted by atomic mass is 10.0. The standard InChI is InChI=1S/C30H36N2/c1-6-29(31-27-17-13-25(14-18-27)22(2)3)30(21-12-24-10-8-7-9-11-24)32-28-19-15-26(16-20-28)23(4)5/h7-11,13-20,22-23H,6,12,21H2,1-5H3. The highest BCUT2D eigenvalue weighted by atomic mass is 14.8. The summed E-state index contributed by atoms with van der Waals surface area (Å²) in [4.78, 5) is 10.1. The van der Waals surface area contributed by atoms with Gasteiger partial charge in [-0.2, -0.15) is 0 Å². The molecule has 0 spiro atoms. The fourth-order valence-corrected chi connectivity index (χ4v) is 3.70. The molecule has 0 aliphatic carbocycles. The highest BCUT2D eigenvalue weighted by Gasteiger charge is 2.10. The third kappa shape index (κ3) is 6.75. The van der Waals surface area contributed by atoms with E-state index >= 15 is 0 Å². The Balaban J connectivity index is 1.92. The summed E-state index contributed by atoms with van der Waals surface area (Å²) >= 11 is 0. The van der Waals surface area contributed by atoms with Crippen LogP contribution in [0.5, 0.6) is 0 Å². The molecule has 0 unspecified atom stereocenters. The number of benzene rings is 3. The zero-order chi connectivity index (χ0) is 22.9. The van der Waals surface area contributed by atoms with Gasteiger partial charge in [-0.3, -0.25) is 9.98 Å². The molecule has 0 aromatic heterocycles. The van der Waals surface area contributed by atoms with E-state index in [4.69, 9.17) is 9.98 Å². The second kappa shape index (κ2) is 11.6. The summed E-state index contributed by atoms with van der Waals surface area (Å²) in [5.74, 6) is 1.04. The molecule has 0 aliphatic rings. The van der Waals surface area contributed by atoms with Crippen molar-refractivity contribution in [2.45, 2.75) is 65.7 Å². The number of aryl methyl sites for hydroxylation is 1. The van der Waals surface area contributed by atoms with E-state index in [9.17, 15) is 0 Å². The van der Waals surface area contributed by atoms with Crippen molar-refractivity contribution in [3.63, 3.8) is 0 Å². The van der Waals surface area contributed by atoms with Crippen LogP contribution in [0.2, 0.25) is 0 Å². The van der Waals surface area contributed by atoms with E-state index in [0.717, 1.165) is 42.1 Å².